The van der Waals surface area contributed by atoms with E-state index in [0.717, 1.165) is 34.6 Å². The molecule has 3 heterocycles. The third-order valence-corrected chi connectivity index (χ3v) is 7.12. The smallest absolute Gasteiger partial charge is 0.336 e. The molecule has 33 heavy (non-hydrogen) atoms. The second kappa shape index (κ2) is 7.98. The van der Waals surface area contributed by atoms with Crippen molar-refractivity contribution >= 4 is 29.5 Å². The highest BCUT2D eigenvalue weighted by Crippen LogP contribution is 2.53. The highest BCUT2D eigenvalue weighted by molar-refractivity contribution is 8.05. The number of benzene rings is 3. The predicted molar refractivity (Wildman–Crippen MR) is 131 cm³/mol. The lowest BCUT2D eigenvalue weighted by atomic mass is 9.97. The van der Waals surface area contributed by atoms with Gasteiger partial charge >= 0.3 is 5.18 Å². The Balaban J connectivity index is 1.36. The van der Waals surface area contributed by atoms with Gasteiger partial charge < -0.3 is 4.74 Å². The predicted octanol–water partition coefficient (Wildman–Crippen LogP) is 5.30. The van der Waals surface area contributed by atoms with E-state index >= 15 is 0 Å². The van der Waals surface area contributed by atoms with E-state index in [0.29, 0.717) is 4.91 Å². The van der Waals surface area contributed by atoms with E-state index in [2.05, 4.69) is 23.5 Å². The second-order valence-electron chi connectivity index (χ2n) is 8.06. The van der Waals surface area contributed by atoms with Crippen molar-refractivity contribution in [1.29, 1.82) is 0 Å². The van der Waals surface area contributed by atoms with Gasteiger partial charge in [-0.3, -0.25) is 10.1 Å². The maximum atomic E-state index is 13.0. The number of nitrogens with one attached hydrogen (secondary N) is 1. The van der Waals surface area contributed by atoms with E-state index in [1.165, 1.54) is 11.8 Å². The highest BCUT2D eigenvalue weighted by atomic mass is 32.2. The molecule has 2 atom stereocenters. The Morgan fingerprint density at radius 2 is 1.73 bits per heavy atom. The number of hydrazone groups is 1. The molecule has 0 aromatic heterocycles. The normalized spacial score (nSPS) is 24.5. The molecule has 0 radical (unpaired) electrons. The van der Waals surface area contributed by atoms with Crippen molar-refractivity contribution in [3.05, 3.63) is 119 Å². The number of carbonyl (C=O) groups is 1. The number of hydrogen-bond acceptors (Lipinski definition) is 5. The Kier molecular flexibility index (Phi) is 4.80. The summed E-state index contributed by atoms with van der Waals surface area (Å²) < 4.78 is 6.43. The number of hydrogen-bond donors (Lipinski definition) is 1. The lowest BCUT2D eigenvalue weighted by Gasteiger charge is -2.43. The van der Waals surface area contributed by atoms with Crippen molar-refractivity contribution in [2.75, 3.05) is 0 Å². The number of para-hydroxylation sites is 1. The van der Waals surface area contributed by atoms with Crippen molar-refractivity contribution in [3.8, 4) is 5.75 Å². The van der Waals surface area contributed by atoms with Gasteiger partial charge in [0.15, 0.2) is 0 Å². The topological polar surface area (TPSA) is 53.9 Å². The molecule has 3 aliphatic heterocycles. The summed E-state index contributed by atoms with van der Waals surface area (Å²) in [6.45, 7) is 0. The van der Waals surface area contributed by atoms with Crippen molar-refractivity contribution in [2.45, 2.75) is 17.6 Å². The summed E-state index contributed by atoms with van der Waals surface area (Å²) in [7, 11) is 0. The van der Waals surface area contributed by atoms with Gasteiger partial charge in [0.2, 0.25) is 0 Å². The Labute approximate surface area is 196 Å². The number of rotatable bonds is 3. The average Bonchev–Trinajstić information content (AvgIpc) is 3.44. The van der Waals surface area contributed by atoms with Crippen LogP contribution < -0.4 is 10.1 Å². The molecule has 6 rings (SSSR count). The third kappa shape index (κ3) is 3.52. The quantitative estimate of drug-likeness (QED) is 0.549. The average molecular weight is 452 g/mol. The Morgan fingerprint density at radius 3 is 2.55 bits per heavy atom. The Bertz CT molecular complexity index is 1300. The first-order chi connectivity index (χ1) is 16.2. The van der Waals surface area contributed by atoms with E-state index in [1.807, 2.05) is 90.0 Å². The molecule has 1 spiro atoms. The summed E-state index contributed by atoms with van der Waals surface area (Å²) in [6, 6.07) is 28.1. The number of allylic oxidation sites excluding steroid dienone is 2. The van der Waals surface area contributed by atoms with Crippen LogP contribution in [0.15, 0.2) is 107 Å². The van der Waals surface area contributed by atoms with Crippen LogP contribution in [-0.2, 0) is 4.79 Å². The van der Waals surface area contributed by atoms with Crippen molar-refractivity contribution in [3.63, 3.8) is 0 Å². The zero-order valence-electron chi connectivity index (χ0n) is 17.7. The summed E-state index contributed by atoms with van der Waals surface area (Å²) in [6.07, 6.45) is 6.45. The molecule has 1 amide bonds. The maximum absolute atomic E-state index is 13.0. The fourth-order valence-corrected chi connectivity index (χ4v) is 5.50. The molecular formula is C27H21N3O2S. The van der Waals surface area contributed by atoms with Crippen molar-refractivity contribution < 1.29 is 9.53 Å². The van der Waals surface area contributed by atoms with Crippen LogP contribution in [-0.4, -0.2) is 21.8 Å². The molecule has 1 N–H and O–H groups in total. The molecule has 3 aliphatic rings. The molecule has 1 fully saturated rings. The minimum absolute atomic E-state index is 0.0165. The molecule has 5 nitrogen and oxygen atoms in total. The van der Waals surface area contributed by atoms with E-state index in [4.69, 9.17) is 9.84 Å². The summed E-state index contributed by atoms with van der Waals surface area (Å²) in [5, 5.41) is 8.83. The summed E-state index contributed by atoms with van der Waals surface area (Å²) in [4.78, 5) is 13.5. The fourth-order valence-electron chi connectivity index (χ4n) is 4.37. The highest BCUT2D eigenvalue weighted by Gasteiger charge is 2.57. The lowest BCUT2D eigenvalue weighted by Crippen LogP contribution is -2.58. The van der Waals surface area contributed by atoms with Gasteiger partial charge in [0, 0.05) is 12.0 Å². The van der Waals surface area contributed by atoms with Crippen molar-refractivity contribution in [2.24, 2.45) is 5.10 Å². The van der Waals surface area contributed by atoms with Gasteiger partial charge in [-0.15, -0.1) is 0 Å². The first-order valence-electron chi connectivity index (χ1n) is 10.9. The van der Waals surface area contributed by atoms with Crippen LogP contribution in [0.3, 0.4) is 0 Å². The van der Waals surface area contributed by atoms with Gasteiger partial charge in [-0.1, -0.05) is 91.0 Å². The summed E-state index contributed by atoms with van der Waals surface area (Å²) >= 11 is 1.36. The monoisotopic (exact) mass is 451 g/mol. The third-order valence-electron chi connectivity index (χ3n) is 5.92. The number of amides is 1. The van der Waals surface area contributed by atoms with Crippen LogP contribution in [0.25, 0.3) is 6.08 Å². The second-order valence-corrected chi connectivity index (χ2v) is 9.25. The molecule has 0 aliphatic carbocycles. The summed E-state index contributed by atoms with van der Waals surface area (Å²) in [5.41, 5.74) is 4.22. The number of nitrogens with zero attached hydrogens (tertiary/aromatic N) is 2. The number of ether oxygens (including phenoxy) is 1. The molecule has 0 bridgehead atoms. The van der Waals surface area contributed by atoms with Gasteiger partial charge in [0.1, 0.15) is 5.75 Å². The number of carbonyl (C=O) groups excluding carboxylic acids is 1. The molecule has 0 unspecified atom stereocenters. The first kappa shape index (κ1) is 19.9. The molecule has 6 heteroatoms. The van der Waals surface area contributed by atoms with Crippen LogP contribution in [0, 0.1) is 0 Å². The van der Waals surface area contributed by atoms with E-state index in [1.54, 1.807) is 0 Å². The van der Waals surface area contributed by atoms with Gasteiger partial charge in [0.05, 0.1) is 16.7 Å². The van der Waals surface area contributed by atoms with E-state index in [9.17, 15) is 4.79 Å². The molecule has 3 aromatic rings. The van der Waals surface area contributed by atoms with Crippen LogP contribution >= 0.6 is 11.8 Å². The lowest BCUT2D eigenvalue weighted by molar-refractivity contribution is -0.127. The van der Waals surface area contributed by atoms with Gasteiger partial charge in [-0.25, -0.2) is 5.01 Å². The molecule has 3 aromatic carbocycles. The van der Waals surface area contributed by atoms with Crippen LogP contribution in [0.4, 0.5) is 0 Å². The van der Waals surface area contributed by atoms with Gasteiger partial charge in [0.25, 0.3) is 5.91 Å². The van der Waals surface area contributed by atoms with E-state index < -0.39 is 5.18 Å². The molecule has 162 valence electrons. The minimum Gasteiger partial charge on any atom is -0.439 e. The Morgan fingerprint density at radius 1 is 1.00 bits per heavy atom. The number of fused-ring (bicyclic) bond motifs is 4. The first-order valence-corrected chi connectivity index (χ1v) is 11.7. The molecule has 1 saturated heterocycles. The van der Waals surface area contributed by atoms with Crippen LogP contribution in [0.1, 0.15) is 29.2 Å². The zero-order chi connectivity index (χ0) is 22.3. The zero-order valence-corrected chi connectivity index (χ0v) is 18.5. The maximum Gasteiger partial charge on any atom is 0.336 e. The minimum atomic E-state index is -1.11. The van der Waals surface area contributed by atoms with Crippen LogP contribution in [0.2, 0.25) is 0 Å². The summed E-state index contributed by atoms with van der Waals surface area (Å²) in [5.74, 6) is 0.608. The standard InChI is InChI=1S/C27H21N3O2S/c31-26-25(17-9-12-19-10-3-1-4-11-19)33-27(28-26)30-23(21-15-7-8-16-24(21)32-27)18-22(29-30)20-13-5-2-6-14-20/h1-17,23H,18H2,(H,28,31)/b12-9+,25-17-/t23-,27-/m0/s1. The van der Waals surface area contributed by atoms with Crippen molar-refractivity contribution in [1.82, 2.24) is 10.3 Å². The number of thioether (sulfide) groups is 1. The van der Waals surface area contributed by atoms with Crippen LogP contribution in [0.5, 0.6) is 5.75 Å². The van der Waals surface area contributed by atoms with E-state index in [-0.39, 0.29) is 11.9 Å². The fraction of sp³-hybridized carbons (Fsp3) is 0.111. The van der Waals surface area contributed by atoms with Gasteiger partial charge in [-0.2, -0.15) is 5.10 Å². The molecular weight excluding hydrogens is 430 g/mol. The molecule has 0 saturated carbocycles. The van der Waals surface area contributed by atoms with Gasteiger partial charge in [-0.05, 0) is 35.0 Å². The SMILES string of the molecule is O=C1N[C@]2(Oc3ccccc3[C@@H]3CC(c4ccccc4)=NN32)S/C1=C\C=C\c1ccccc1. The Hall–Kier alpha value is -3.77. The largest absolute Gasteiger partial charge is 0.439 e.